The van der Waals surface area contributed by atoms with Gasteiger partial charge in [0.15, 0.2) is 0 Å². The molecule has 2 aromatic carbocycles. The molecular formula is C16H10Cl2N4O2. The van der Waals surface area contributed by atoms with Crippen molar-refractivity contribution in [2.45, 2.75) is 0 Å². The molecule has 0 radical (unpaired) electrons. The van der Waals surface area contributed by atoms with Crippen LogP contribution in [0.1, 0.15) is 11.1 Å². The third-order valence-electron chi connectivity index (χ3n) is 2.83. The molecule has 0 fully saturated rings. The lowest BCUT2D eigenvalue weighted by molar-refractivity contribution is -0.136. The Hall–Kier alpha value is -2.88. The Labute approximate surface area is 147 Å². The van der Waals surface area contributed by atoms with Gasteiger partial charge in [-0.1, -0.05) is 35.3 Å². The highest BCUT2D eigenvalue weighted by Crippen LogP contribution is 2.24. The van der Waals surface area contributed by atoms with Gasteiger partial charge in [-0.2, -0.15) is 10.4 Å². The van der Waals surface area contributed by atoms with E-state index < -0.39 is 11.8 Å². The molecule has 2 rings (SSSR count). The first kappa shape index (κ1) is 17.5. The summed E-state index contributed by atoms with van der Waals surface area (Å²) in [6.07, 6.45) is 1.28. The van der Waals surface area contributed by atoms with Gasteiger partial charge in [-0.3, -0.25) is 9.59 Å². The summed E-state index contributed by atoms with van der Waals surface area (Å²) in [5.41, 5.74) is 3.41. The Balaban J connectivity index is 1.94. The highest BCUT2D eigenvalue weighted by atomic mass is 35.5. The Morgan fingerprint density at radius 3 is 2.46 bits per heavy atom. The first-order valence-corrected chi connectivity index (χ1v) is 7.35. The van der Waals surface area contributed by atoms with E-state index in [0.717, 1.165) is 0 Å². The summed E-state index contributed by atoms with van der Waals surface area (Å²) < 4.78 is 0. The molecule has 0 saturated carbocycles. The molecule has 24 heavy (non-hydrogen) atoms. The van der Waals surface area contributed by atoms with E-state index in [2.05, 4.69) is 15.8 Å². The van der Waals surface area contributed by atoms with Gasteiger partial charge in [-0.15, -0.1) is 0 Å². The number of amides is 2. The molecule has 0 atom stereocenters. The lowest BCUT2D eigenvalue weighted by Gasteiger charge is -2.04. The quantitative estimate of drug-likeness (QED) is 0.500. The van der Waals surface area contributed by atoms with Gasteiger partial charge in [-0.25, -0.2) is 5.43 Å². The number of carbonyl (C=O) groups is 2. The fraction of sp³-hybridized carbons (Fsp3) is 0. The molecule has 0 spiro atoms. The largest absolute Gasteiger partial charge is 0.329 e. The number of carbonyl (C=O) groups excluding carboxylic acids is 2. The van der Waals surface area contributed by atoms with Crippen LogP contribution < -0.4 is 10.7 Å². The Kier molecular flexibility index (Phi) is 5.90. The van der Waals surface area contributed by atoms with E-state index >= 15 is 0 Å². The SMILES string of the molecule is N#Cc1ccc(NC(=O)C(=O)N/N=C/c2cccc(Cl)c2Cl)cc1. The van der Waals surface area contributed by atoms with Gasteiger partial charge < -0.3 is 5.32 Å². The first-order valence-electron chi connectivity index (χ1n) is 6.60. The molecule has 0 aliphatic heterocycles. The van der Waals surface area contributed by atoms with E-state index in [1.807, 2.05) is 6.07 Å². The summed E-state index contributed by atoms with van der Waals surface area (Å²) in [5.74, 6) is -1.84. The summed E-state index contributed by atoms with van der Waals surface area (Å²) in [4.78, 5) is 23.4. The minimum Gasteiger partial charge on any atom is -0.318 e. The molecule has 2 amide bonds. The van der Waals surface area contributed by atoms with Crippen LogP contribution in [-0.2, 0) is 9.59 Å². The fourth-order valence-corrected chi connectivity index (χ4v) is 2.00. The van der Waals surface area contributed by atoms with Gasteiger partial charge >= 0.3 is 11.8 Å². The second-order valence-electron chi connectivity index (χ2n) is 4.49. The monoisotopic (exact) mass is 360 g/mol. The number of halogens is 2. The van der Waals surface area contributed by atoms with Gasteiger partial charge in [0, 0.05) is 11.3 Å². The standard InChI is InChI=1S/C16H10Cl2N4O2/c17-13-3-1-2-11(14(13)18)9-20-22-16(24)15(23)21-12-6-4-10(8-19)5-7-12/h1-7,9H,(H,21,23)(H,22,24)/b20-9+. The first-order chi connectivity index (χ1) is 11.5. The molecule has 8 heteroatoms. The number of hydrogen-bond donors (Lipinski definition) is 2. The molecule has 2 N–H and O–H groups in total. The van der Waals surface area contributed by atoms with Crippen LogP contribution in [0, 0.1) is 11.3 Å². The maximum atomic E-state index is 11.7. The van der Waals surface area contributed by atoms with Gasteiger partial charge in [0.2, 0.25) is 0 Å². The molecule has 0 aliphatic rings. The lowest BCUT2D eigenvalue weighted by atomic mass is 10.2. The van der Waals surface area contributed by atoms with Crippen molar-refractivity contribution >= 4 is 46.9 Å². The van der Waals surface area contributed by atoms with Crippen LogP contribution in [0.2, 0.25) is 10.0 Å². The van der Waals surface area contributed by atoms with Crippen LogP contribution in [0.5, 0.6) is 0 Å². The Bertz CT molecular complexity index is 842. The number of anilines is 1. The molecule has 120 valence electrons. The van der Waals surface area contributed by atoms with Crippen molar-refractivity contribution in [3.63, 3.8) is 0 Å². The van der Waals surface area contributed by atoms with Crippen LogP contribution in [0.3, 0.4) is 0 Å². The predicted molar refractivity (Wildman–Crippen MR) is 92.0 cm³/mol. The Morgan fingerprint density at radius 2 is 1.79 bits per heavy atom. The van der Waals surface area contributed by atoms with Crippen LogP contribution in [-0.4, -0.2) is 18.0 Å². The maximum Gasteiger partial charge on any atom is 0.329 e. The number of nitrogens with zero attached hydrogens (tertiary/aromatic N) is 2. The van der Waals surface area contributed by atoms with Crippen molar-refractivity contribution < 1.29 is 9.59 Å². The lowest BCUT2D eigenvalue weighted by Crippen LogP contribution is -2.32. The molecular weight excluding hydrogens is 351 g/mol. The molecule has 0 aromatic heterocycles. The predicted octanol–water partition coefficient (Wildman–Crippen LogP) is 2.95. The average Bonchev–Trinajstić information content (AvgIpc) is 2.59. The minimum atomic E-state index is -0.950. The van der Waals surface area contributed by atoms with Crippen LogP contribution >= 0.6 is 23.2 Å². The highest BCUT2D eigenvalue weighted by molar-refractivity contribution is 6.43. The van der Waals surface area contributed by atoms with E-state index in [4.69, 9.17) is 28.5 Å². The molecule has 0 unspecified atom stereocenters. The topological polar surface area (TPSA) is 94.4 Å². The van der Waals surface area contributed by atoms with Gasteiger partial charge in [0.1, 0.15) is 0 Å². The molecule has 2 aromatic rings. The number of nitriles is 1. The summed E-state index contributed by atoms with van der Waals surface area (Å²) in [6.45, 7) is 0. The number of benzene rings is 2. The fourth-order valence-electron chi connectivity index (χ4n) is 1.65. The van der Waals surface area contributed by atoms with Gasteiger partial charge in [0.05, 0.1) is 27.9 Å². The van der Waals surface area contributed by atoms with Crippen molar-refractivity contribution in [3.8, 4) is 6.07 Å². The summed E-state index contributed by atoms with van der Waals surface area (Å²) in [6, 6.07) is 13.0. The van der Waals surface area contributed by atoms with Crippen molar-refractivity contribution in [2.75, 3.05) is 5.32 Å². The van der Waals surface area contributed by atoms with E-state index in [1.54, 1.807) is 18.2 Å². The smallest absolute Gasteiger partial charge is 0.318 e. The van der Waals surface area contributed by atoms with Gasteiger partial charge in [0.25, 0.3) is 0 Å². The zero-order valence-corrected chi connectivity index (χ0v) is 13.6. The molecule has 0 bridgehead atoms. The second-order valence-corrected chi connectivity index (χ2v) is 5.27. The zero-order valence-electron chi connectivity index (χ0n) is 12.1. The summed E-state index contributed by atoms with van der Waals surface area (Å²) in [7, 11) is 0. The molecule has 6 nitrogen and oxygen atoms in total. The zero-order chi connectivity index (χ0) is 17.5. The number of hydrazone groups is 1. The Morgan fingerprint density at radius 1 is 1.08 bits per heavy atom. The summed E-state index contributed by atoms with van der Waals surface area (Å²) in [5, 5.41) is 15.4. The highest BCUT2D eigenvalue weighted by Gasteiger charge is 2.12. The van der Waals surface area contributed by atoms with E-state index in [1.165, 1.54) is 30.5 Å². The van der Waals surface area contributed by atoms with Crippen LogP contribution in [0.4, 0.5) is 5.69 Å². The normalized spacial score (nSPS) is 10.2. The van der Waals surface area contributed by atoms with Crippen molar-refractivity contribution in [1.82, 2.24) is 5.43 Å². The third-order valence-corrected chi connectivity index (χ3v) is 3.66. The number of hydrogen-bond acceptors (Lipinski definition) is 4. The van der Waals surface area contributed by atoms with Crippen molar-refractivity contribution in [3.05, 3.63) is 63.6 Å². The number of nitrogens with one attached hydrogen (secondary N) is 2. The molecule has 0 heterocycles. The van der Waals surface area contributed by atoms with E-state index in [0.29, 0.717) is 26.9 Å². The van der Waals surface area contributed by atoms with Crippen molar-refractivity contribution in [1.29, 1.82) is 5.26 Å². The molecule has 0 aliphatic carbocycles. The number of rotatable bonds is 3. The average molecular weight is 361 g/mol. The molecule has 0 saturated heterocycles. The van der Waals surface area contributed by atoms with Crippen LogP contribution in [0.15, 0.2) is 47.6 Å². The van der Waals surface area contributed by atoms with E-state index in [-0.39, 0.29) is 0 Å². The minimum absolute atomic E-state index is 0.291. The third kappa shape index (κ3) is 4.56. The van der Waals surface area contributed by atoms with Crippen molar-refractivity contribution in [2.24, 2.45) is 5.10 Å². The summed E-state index contributed by atoms with van der Waals surface area (Å²) >= 11 is 11.8. The second kappa shape index (κ2) is 8.11. The van der Waals surface area contributed by atoms with Gasteiger partial charge in [-0.05, 0) is 30.3 Å². The van der Waals surface area contributed by atoms with Crippen LogP contribution in [0.25, 0.3) is 0 Å². The van der Waals surface area contributed by atoms with E-state index in [9.17, 15) is 9.59 Å². The maximum absolute atomic E-state index is 11.7.